The number of nitrogens with zero attached hydrogens (tertiary/aromatic N) is 1. The van der Waals surface area contributed by atoms with Gasteiger partial charge in [0.2, 0.25) is 0 Å². The van der Waals surface area contributed by atoms with E-state index in [9.17, 15) is 14.9 Å². The van der Waals surface area contributed by atoms with Crippen molar-refractivity contribution in [3.8, 4) is 0 Å². The van der Waals surface area contributed by atoms with E-state index in [0.29, 0.717) is 17.0 Å². The molecule has 0 unspecified atom stereocenters. The van der Waals surface area contributed by atoms with Gasteiger partial charge in [-0.15, -0.1) is 11.6 Å². The molecule has 0 atom stereocenters. The number of halogens is 1. The Kier molecular flexibility index (Phi) is 3.26. The quantitative estimate of drug-likeness (QED) is 0.518. The molecule has 0 saturated heterocycles. The molecule has 1 amide bonds. The molecule has 1 aliphatic carbocycles. The Morgan fingerprint density at radius 3 is 2.67 bits per heavy atom. The first-order valence-corrected chi connectivity index (χ1v) is 6.14. The van der Waals surface area contributed by atoms with Crippen molar-refractivity contribution in [3.63, 3.8) is 0 Å². The van der Waals surface area contributed by atoms with Gasteiger partial charge < -0.3 is 5.32 Å². The Bertz CT molecular complexity index is 512. The molecule has 0 aromatic heterocycles. The summed E-state index contributed by atoms with van der Waals surface area (Å²) >= 11 is 5.78. The van der Waals surface area contributed by atoms with Crippen LogP contribution in [-0.4, -0.2) is 22.2 Å². The Labute approximate surface area is 109 Å². The van der Waals surface area contributed by atoms with Crippen molar-refractivity contribution < 1.29 is 9.72 Å². The molecular weight excluding hydrogens is 256 g/mol. The topological polar surface area (TPSA) is 72.2 Å². The summed E-state index contributed by atoms with van der Waals surface area (Å²) in [5, 5.41) is 13.5. The van der Waals surface area contributed by atoms with Gasteiger partial charge in [-0.3, -0.25) is 14.9 Å². The summed E-state index contributed by atoms with van der Waals surface area (Å²) in [6.07, 6.45) is 1.77. The van der Waals surface area contributed by atoms with Crippen LogP contribution in [0.1, 0.15) is 28.8 Å². The molecule has 0 heterocycles. The number of nitro groups is 1. The normalized spacial score (nSPS) is 16.1. The summed E-state index contributed by atoms with van der Waals surface area (Å²) in [5.74, 6) is 0.163. The van der Waals surface area contributed by atoms with Gasteiger partial charge in [-0.05, 0) is 31.9 Å². The molecule has 0 aliphatic heterocycles. The summed E-state index contributed by atoms with van der Waals surface area (Å²) in [6, 6.07) is 4.34. The second-order valence-electron chi connectivity index (χ2n) is 4.63. The number of nitrogens with one attached hydrogen (secondary N) is 1. The highest BCUT2D eigenvalue weighted by Gasteiger charge is 2.43. The zero-order valence-corrected chi connectivity index (χ0v) is 10.7. The van der Waals surface area contributed by atoms with Crippen LogP contribution in [-0.2, 0) is 0 Å². The van der Waals surface area contributed by atoms with E-state index in [1.54, 1.807) is 6.92 Å². The minimum absolute atomic E-state index is 0.0185. The average Bonchev–Trinajstić information content (AvgIpc) is 3.09. The van der Waals surface area contributed by atoms with Crippen molar-refractivity contribution in [1.82, 2.24) is 5.32 Å². The van der Waals surface area contributed by atoms with Crippen molar-refractivity contribution in [1.29, 1.82) is 0 Å². The van der Waals surface area contributed by atoms with Gasteiger partial charge in [0, 0.05) is 23.1 Å². The third kappa shape index (κ3) is 2.46. The molecule has 0 radical (unpaired) electrons. The minimum atomic E-state index is -0.460. The lowest BCUT2D eigenvalue weighted by atomic mass is 10.1. The van der Waals surface area contributed by atoms with E-state index in [0.717, 1.165) is 12.8 Å². The van der Waals surface area contributed by atoms with Gasteiger partial charge in [-0.1, -0.05) is 0 Å². The molecule has 1 fully saturated rings. The molecule has 1 saturated carbocycles. The molecule has 1 aromatic carbocycles. The van der Waals surface area contributed by atoms with Gasteiger partial charge in [0.25, 0.3) is 11.6 Å². The van der Waals surface area contributed by atoms with E-state index in [4.69, 9.17) is 11.6 Å². The summed E-state index contributed by atoms with van der Waals surface area (Å²) in [6.45, 7) is 1.61. The van der Waals surface area contributed by atoms with Gasteiger partial charge in [0.15, 0.2) is 0 Å². The van der Waals surface area contributed by atoms with Crippen LogP contribution in [0.15, 0.2) is 18.2 Å². The zero-order chi connectivity index (χ0) is 13.3. The first-order chi connectivity index (χ1) is 8.47. The monoisotopic (exact) mass is 268 g/mol. The highest BCUT2D eigenvalue weighted by atomic mass is 35.5. The van der Waals surface area contributed by atoms with Gasteiger partial charge in [-0.25, -0.2) is 0 Å². The average molecular weight is 269 g/mol. The maximum atomic E-state index is 12.0. The number of alkyl halides is 1. The lowest BCUT2D eigenvalue weighted by Gasteiger charge is -2.14. The maximum Gasteiger partial charge on any atom is 0.272 e. The first-order valence-electron chi connectivity index (χ1n) is 5.61. The number of aryl methyl sites for hydroxylation is 1. The van der Waals surface area contributed by atoms with Crippen molar-refractivity contribution in [2.45, 2.75) is 25.3 Å². The minimum Gasteiger partial charge on any atom is -0.345 e. The number of amides is 1. The number of rotatable bonds is 4. The predicted octanol–water partition coefficient (Wildman–Crippen LogP) is 2.40. The summed E-state index contributed by atoms with van der Waals surface area (Å²) < 4.78 is 0. The Morgan fingerprint density at radius 2 is 2.22 bits per heavy atom. The molecular formula is C12H13ClN2O3. The van der Waals surface area contributed by atoms with Crippen LogP contribution in [0.25, 0.3) is 0 Å². The summed E-state index contributed by atoms with van der Waals surface area (Å²) in [5.41, 5.74) is 0.650. The fourth-order valence-electron chi connectivity index (χ4n) is 1.76. The molecule has 1 aromatic rings. The predicted molar refractivity (Wildman–Crippen MR) is 68.0 cm³/mol. The molecule has 2 rings (SSSR count). The SMILES string of the molecule is Cc1cc(C(=O)NC2(CCl)CC2)ccc1[N+](=O)[O-]. The Balaban J connectivity index is 2.16. The molecule has 96 valence electrons. The fourth-order valence-corrected chi connectivity index (χ4v) is 2.09. The number of nitro benzene ring substituents is 1. The maximum absolute atomic E-state index is 12.0. The highest BCUT2D eigenvalue weighted by molar-refractivity contribution is 6.19. The summed E-state index contributed by atoms with van der Waals surface area (Å²) in [4.78, 5) is 22.2. The number of hydrogen-bond donors (Lipinski definition) is 1. The Morgan fingerprint density at radius 1 is 1.56 bits per heavy atom. The highest BCUT2D eigenvalue weighted by Crippen LogP contribution is 2.36. The molecule has 0 bridgehead atoms. The van der Waals surface area contributed by atoms with Crippen LogP contribution in [0.4, 0.5) is 5.69 Å². The van der Waals surface area contributed by atoms with E-state index < -0.39 is 4.92 Å². The van der Waals surface area contributed by atoms with E-state index >= 15 is 0 Å². The lowest BCUT2D eigenvalue weighted by molar-refractivity contribution is -0.385. The lowest BCUT2D eigenvalue weighted by Crippen LogP contribution is -2.38. The van der Waals surface area contributed by atoms with Crippen LogP contribution in [0.5, 0.6) is 0 Å². The molecule has 5 nitrogen and oxygen atoms in total. The van der Waals surface area contributed by atoms with Crippen LogP contribution in [0, 0.1) is 17.0 Å². The van der Waals surface area contributed by atoms with Gasteiger partial charge in [-0.2, -0.15) is 0 Å². The van der Waals surface area contributed by atoms with Crippen LogP contribution in [0.2, 0.25) is 0 Å². The van der Waals surface area contributed by atoms with Crippen LogP contribution in [0.3, 0.4) is 0 Å². The third-order valence-electron chi connectivity index (χ3n) is 3.14. The van der Waals surface area contributed by atoms with Crippen molar-refractivity contribution in [2.75, 3.05) is 5.88 Å². The van der Waals surface area contributed by atoms with E-state index in [1.807, 2.05) is 0 Å². The van der Waals surface area contributed by atoms with Crippen molar-refractivity contribution in [3.05, 3.63) is 39.4 Å². The van der Waals surface area contributed by atoms with Crippen LogP contribution < -0.4 is 5.32 Å². The molecule has 1 N–H and O–H groups in total. The van der Waals surface area contributed by atoms with E-state index in [2.05, 4.69) is 5.32 Å². The number of carbonyl (C=O) groups excluding carboxylic acids is 1. The van der Waals surface area contributed by atoms with E-state index in [-0.39, 0.29) is 17.1 Å². The van der Waals surface area contributed by atoms with E-state index in [1.165, 1.54) is 18.2 Å². The molecule has 18 heavy (non-hydrogen) atoms. The van der Waals surface area contributed by atoms with Gasteiger partial charge in [0.05, 0.1) is 10.5 Å². The second-order valence-corrected chi connectivity index (χ2v) is 4.89. The second kappa shape index (κ2) is 4.57. The standard InChI is InChI=1S/C12H13ClN2O3/c1-8-6-9(2-3-10(8)15(17)18)11(16)14-12(7-13)4-5-12/h2-3,6H,4-5,7H2,1H3,(H,14,16). The van der Waals surface area contributed by atoms with Gasteiger partial charge in [0.1, 0.15) is 0 Å². The summed E-state index contributed by atoms with van der Waals surface area (Å²) in [7, 11) is 0. The zero-order valence-electron chi connectivity index (χ0n) is 9.90. The third-order valence-corrected chi connectivity index (χ3v) is 3.66. The molecule has 0 spiro atoms. The largest absolute Gasteiger partial charge is 0.345 e. The van der Waals surface area contributed by atoms with Crippen LogP contribution >= 0.6 is 11.6 Å². The smallest absolute Gasteiger partial charge is 0.272 e. The van der Waals surface area contributed by atoms with Crippen molar-refractivity contribution in [2.24, 2.45) is 0 Å². The number of benzene rings is 1. The van der Waals surface area contributed by atoms with Gasteiger partial charge >= 0.3 is 0 Å². The molecule has 6 heteroatoms. The van der Waals surface area contributed by atoms with Crippen molar-refractivity contribution >= 4 is 23.2 Å². The Hall–Kier alpha value is -1.62. The number of hydrogen-bond acceptors (Lipinski definition) is 3. The fraction of sp³-hybridized carbons (Fsp3) is 0.417. The first kappa shape index (κ1) is 12.8. The molecule has 1 aliphatic rings. The number of carbonyl (C=O) groups is 1.